The van der Waals surface area contributed by atoms with Crippen molar-refractivity contribution in [2.24, 2.45) is 5.84 Å². The van der Waals surface area contributed by atoms with Crippen molar-refractivity contribution in [1.82, 2.24) is 5.43 Å². The molecular formula is C14H20ClFN2O. The molecule has 0 amide bonds. The average molecular weight is 287 g/mol. The Hall–Kier alpha value is -0.680. The molecule has 1 aliphatic rings. The molecule has 1 fully saturated rings. The van der Waals surface area contributed by atoms with Gasteiger partial charge in [0.2, 0.25) is 0 Å². The summed E-state index contributed by atoms with van der Waals surface area (Å²) in [5.74, 6) is 5.25. The van der Waals surface area contributed by atoms with E-state index in [1.54, 1.807) is 12.1 Å². The lowest BCUT2D eigenvalue weighted by atomic mass is 9.99. The van der Waals surface area contributed by atoms with E-state index >= 15 is 0 Å². The fraction of sp³-hybridized carbons (Fsp3) is 0.571. The molecule has 1 aromatic rings. The molecule has 0 radical (unpaired) electrons. The summed E-state index contributed by atoms with van der Waals surface area (Å²) in [6.45, 7) is 0.867. The van der Waals surface area contributed by atoms with E-state index in [-0.39, 0.29) is 11.9 Å². The molecular weight excluding hydrogens is 267 g/mol. The average Bonchev–Trinajstić information content (AvgIpc) is 2.91. The first-order chi connectivity index (χ1) is 9.20. The Kier molecular flexibility index (Phi) is 5.58. The summed E-state index contributed by atoms with van der Waals surface area (Å²) in [6.07, 6.45) is 5.36. The van der Waals surface area contributed by atoms with Crippen molar-refractivity contribution in [3.05, 3.63) is 34.6 Å². The maximum Gasteiger partial charge on any atom is 0.128 e. The molecule has 0 spiro atoms. The van der Waals surface area contributed by atoms with Crippen LogP contribution in [0.25, 0.3) is 0 Å². The van der Waals surface area contributed by atoms with Gasteiger partial charge in [0.05, 0.1) is 6.10 Å². The molecule has 1 aliphatic heterocycles. The molecule has 0 bridgehead atoms. The number of halogens is 2. The summed E-state index contributed by atoms with van der Waals surface area (Å²) in [5.41, 5.74) is 3.20. The van der Waals surface area contributed by atoms with Gasteiger partial charge in [0.25, 0.3) is 0 Å². The summed E-state index contributed by atoms with van der Waals surface area (Å²) in [4.78, 5) is 0. The summed E-state index contributed by atoms with van der Waals surface area (Å²) >= 11 is 5.90. The first-order valence-corrected chi connectivity index (χ1v) is 7.11. The lowest BCUT2D eigenvalue weighted by Gasteiger charge is -2.18. The number of rotatable bonds is 6. The summed E-state index contributed by atoms with van der Waals surface area (Å²) in [5, 5.41) is 0.524. The number of hydrogen-bond acceptors (Lipinski definition) is 3. The van der Waals surface area contributed by atoms with Crippen LogP contribution in [0.2, 0.25) is 5.02 Å². The minimum Gasteiger partial charge on any atom is -0.378 e. The topological polar surface area (TPSA) is 47.3 Å². The van der Waals surface area contributed by atoms with Crippen LogP contribution in [0.3, 0.4) is 0 Å². The molecule has 19 heavy (non-hydrogen) atoms. The highest BCUT2D eigenvalue weighted by Gasteiger charge is 2.18. The van der Waals surface area contributed by atoms with Crippen molar-refractivity contribution >= 4 is 11.6 Å². The Bertz CT molecular complexity index is 410. The van der Waals surface area contributed by atoms with Crippen LogP contribution in [0.15, 0.2) is 18.2 Å². The zero-order chi connectivity index (χ0) is 13.7. The van der Waals surface area contributed by atoms with Gasteiger partial charge in [0.15, 0.2) is 0 Å². The third-order valence-electron chi connectivity index (χ3n) is 3.58. The number of nitrogens with one attached hydrogen (secondary N) is 1. The number of benzene rings is 1. The Labute approximate surface area is 118 Å². The quantitative estimate of drug-likeness (QED) is 0.623. The largest absolute Gasteiger partial charge is 0.378 e. The zero-order valence-electron chi connectivity index (χ0n) is 10.9. The third kappa shape index (κ3) is 4.14. The van der Waals surface area contributed by atoms with Crippen LogP contribution in [-0.4, -0.2) is 12.7 Å². The first-order valence-electron chi connectivity index (χ1n) is 6.73. The van der Waals surface area contributed by atoms with E-state index in [2.05, 4.69) is 5.43 Å². The Morgan fingerprint density at radius 1 is 1.53 bits per heavy atom. The van der Waals surface area contributed by atoms with E-state index in [4.69, 9.17) is 22.2 Å². The smallest absolute Gasteiger partial charge is 0.128 e. The molecule has 106 valence electrons. The highest BCUT2D eigenvalue weighted by Crippen LogP contribution is 2.26. The fourth-order valence-corrected chi connectivity index (χ4v) is 2.71. The van der Waals surface area contributed by atoms with Gasteiger partial charge in [-0.3, -0.25) is 11.3 Å². The SMILES string of the molecule is NNC(CCCC1CCCO1)c1cc(Cl)ccc1F. The molecule has 3 nitrogen and oxygen atoms in total. The predicted octanol–water partition coefficient (Wildman–Crippen LogP) is 3.33. The van der Waals surface area contributed by atoms with Crippen LogP contribution in [0.1, 0.15) is 43.7 Å². The molecule has 0 aromatic heterocycles. The van der Waals surface area contributed by atoms with Gasteiger partial charge in [-0.1, -0.05) is 11.6 Å². The minimum atomic E-state index is -0.274. The van der Waals surface area contributed by atoms with Gasteiger partial charge in [0, 0.05) is 23.2 Å². The van der Waals surface area contributed by atoms with E-state index in [1.165, 1.54) is 6.07 Å². The molecule has 2 rings (SSSR count). The van der Waals surface area contributed by atoms with Crippen molar-refractivity contribution in [3.8, 4) is 0 Å². The standard InChI is InChI=1S/C14H20ClFN2O/c15-10-6-7-13(16)12(9-10)14(18-17)5-1-3-11-4-2-8-19-11/h6-7,9,11,14,18H,1-5,8,17H2. The lowest BCUT2D eigenvalue weighted by molar-refractivity contribution is 0.101. The highest BCUT2D eigenvalue weighted by molar-refractivity contribution is 6.30. The van der Waals surface area contributed by atoms with Crippen molar-refractivity contribution in [2.45, 2.75) is 44.2 Å². The molecule has 3 N–H and O–H groups in total. The van der Waals surface area contributed by atoms with Gasteiger partial charge in [-0.15, -0.1) is 0 Å². The summed E-state index contributed by atoms with van der Waals surface area (Å²) in [7, 11) is 0. The second-order valence-corrected chi connectivity index (χ2v) is 5.39. The molecule has 0 aliphatic carbocycles. The van der Waals surface area contributed by atoms with Crippen molar-refractivity contribution in [3.63, 3.8) is 0 Å². The number of hydrogen-bond donors (Lipinski definition) is 2. The van der Waals surface area contributed by atoms with E-state index < -0.39 is 0 Å². The molecule has 1 heterocycles. The van der Waals surface area contributed by atoms with Gasteiger partial charge in [-0.05, 0) is 50.3 Å². The maximum absolute atomic E-state index is 13.8. The summed E-state index contributed by atoms with van der Waals surface area (Å²) in [6, 6.07) is 4.34. The van der Waals surface area contributed by atoms with Crippen LogP contribution in [0.5, 0.6) is 0 Å². The monoisotopic (exact) mass is 286 g/mol. The second kappa shape index (κ2) is 7.20. The van der Waals surface area contributed by atoms with Crippen LogP contribution in [-0.2, 0) is 4.74 Å². The van der Waals surface area contributed by atoms with E-state index in [0.29, 0.717) is 16.7 Å². The van der Waals surface area contributed by atoms with Gasteiger partial charge in [0.1, 0.15) is 5.82 Å². The van der Waals surface area contributed by atoms with Crippen LogP contribution >= 0.6 is 11.6 Å². The van der Waals surface area contributed by atoms with Gasteiger partial charge < -0.3 is 4.74 Å². The Morgan fingerprint density at radius 2 is 2.37 bits per heavy atom. The molecule has 0 saturated carbocycles. The molecule has 2 unspecified atom stereocenters. The number of hydrazine groups is 1. The van der Waals surface area contributed by atoms with Crippen molar-refractivity contribution in [1.29, 1.82) is 0 Å². The lowest BCUT2D eigenvalue weighted by Crippen LogP contribution is -2.29. The molecule has 1 saturated heterocycles. The minimum absolute atomic E-state index is 0.208. The third-order valence-corrected chi connectivity index (χ3v) is 3.81. The summed E-state index contributed by atoms with van der Waals surface area (Å²) < 4.78 is 19.3. The first kappa shape index (κ1) is 14.7. The zero-order valence-corrected chi connectivity index (χ0v) is 11.6. The van der Waals surface area contributed by atoms with Gasteiger partial charge in [-0.25, -0.2) is 4.39 Å². The number of ether oxygens (including phenoxy) is 1. The van der Waals surface area contributed by atoms with Crippen LogP contribution in [0.4, 0.5) is 4.39 Å². The maximum atomic E-state index is 13.8. The van der Waals surface area contributed by atoms with Crippen LogP contribution in [0, 0.1) is 5.82 Å². The Balaban J connectivity index is 1.89. The van der Waals surface area contributed by atoms with Gasteiger partial charge >= 0.3 is 0 Å². The van der Waals surface area contributed by atoms with Crippen LogP contribution < -0.4 is 11.3 Å². The van der Waals surface area contributed by atoms with Crippen molar-refractivity contribution < 1.29 is 9.13 Å². The Morgan fingerprint density at radius 3 is 3.05 bits per heavy atom. The molecule has 1 aromatic carbocycles. The highest BCUT2D eigenvalue weighted by atomic mass is 35.5. The fourth-order valence-electron chi connectivity index (χ4n) is 2.53. The normalized spacial score (nSPS) is 20.7. The van der Waals surface area contributed by atoms with E-state index in [0.717, 1.165) is 38.7 Å². The molecule has 5 heteroatoms. The van der Waals surface area contributed by atoms with Crippen molar-refractivity contribution in [2.75, 3.05) is 6.61 Å². The van der Waals surface area contributed by atoms with Gasteiger partial charge in [-0.2, -0.15) is 0 Å². The molecule has 2 atom stereocenters. The van der Waals surface area contributed by atoms with E-state index in [9.17, 15) is 4.39 Å². The van der Waals surface area contributed by atoms with E-state index in [1.807, 2.05) is 0 Å². The second-order valence-electron chi connectivity index (χ2n) is 4.95. The number of nitrogens with two attached hydrogens (primary N) is 1. The predicted molar refractivity (Wildman–Crippen MR) is 74.3 cm³/mol.